The molecule has 0 radical (unpaired) electrons. The summed E-state index contributed by atoms with van der Waals surface area (Å²) in [7, 11) is 0. The molecule has 7 heteroatoms. The lowest BCUT2D eigenvalue weighted by molar-refractivity contribution is -0.135. The quantitative estimate of drug-likeness (QED) is 0.790. The summed E-state index contributed by atoms with van der Waals surface area (Å²) in [6.45, 7) is 1.38. The first-order valence-corrected chi connectivity index (χ1v) is 6.30. The summed E-state index contributed by atoms with van der Waals surface area (Å²) in [6.07, 6.45) is 0. The molecule has 1 heterocycles. The number of nitrogens with two attached hydrogens (primary N) is 1. The van der Waals surface area contributed by atoms with E-state index in [-0.39, 0.29) is 6.03 Å². The van der Waals surface area contributed by atoms with Crippen LogP contribution in [0.15, 0.2) is 24.3 Å². The number of hydrogen-bond acceptors (Lipinski definition) is 4. The van der Waals surface area contributed by atoms with Gasteiger partial charge in [-0.3, -0.25) is 9.69 Å². The van der Waals surface area contributed by atoms with Crippen LogP contribution >= 0.6 is 0 Å². The summed E-state index contributed by atoms with van der Waals surface area (Å²) >= 11 is 0. The maximum atomic E-state index is 12.5. The van der Waals surface area contributed by atoms with Crippen molar-refractivity contribution in [1.29, 1.82) is 0 Å². The number of hydrogen-bond donors (Lipinski definition) is 2. The number of nitrogen functional groups attached to an aromatic ring is 1. The highest BCUT2D eigenvalue weighted by Gasteiger charge is 2.26. The molecule has 1 aromatic carbocycles. The van der Waals surface area contributed by atoms with E-state index in [0.29, 0.717) is 37.7 Å². The number of urea groups is 1. The Morgan fingerprint density at radius 3 is 2.55 bits per heavy atom. The molecule has 2 rings (SSSR count). The Bertz CT molecular complexity index is 500. The van der Waals surface area contributed by atoms with Crippen LogP contribution in [-0.4, -0.2) is 54.9 Å². The molecule has 3 N–H and O–H groups in total. The summed E-state index contributed by atoms with van der Waals surface area (Å²) in [6, 6.07) is 6.35. The average molecular weight is 279 g/mol. The predicted molar refractivity (Wildman–Crippen MR) is 73.6 cm³/mol. The van der Waals surface area contributed by atoms with Crippen LogP contribution in [0.4, 0.5) is 16.2 Å². The molecule has 0 aromatic heterocycles. The van der Waals surface area contributed by atoms with Gasteiger partial charge in [0, 0.05) is 13.1 Å². The Morgan fingerprint density at radius 1 is 1.30 bits per heavy atom. The zero-order chi connectivity index (χ0) is 14.5. The Kier molecular flexibility index (Phi) is 4.41. The maximum Gasteiger partial charge on any atom is 0.325 e. The molecule has 0 unspecified atom stereocenters. The SMILES string of the molecule is Nc1ccccc1N(CC(=O)O)C(=O)N1CCOCC1. The van der Waals surface area contributed by atoms with Gasteiger partial charge in [0.05, 0.1) is 24.6 Å². The first-order chi connectivity index (χ1) is 9.59. The lowest BCUT2D eigenvalue weighted by atomic mass is 10.2. The Morgan fingerprint density at radius 2 is 1.95 bits per heavy atom. The van der Waals surface area contributed by atoms with Crippen molar-refractivity contribution in [3.05, 3.63) is 24.3 Å². The summed E-state index contributed by atoms with van der Waals surface area (Å²) in [4.78, 5) is 26.2. The molecular weight excluding hydrogens is 262 g/mol. The minimum Gasteiger partial charge on any atom is -0.480 e. The van der Waals surface area contributed by atoms with Gasteiger partial charge in [0.2, 0.25) is 0 Å². The third-order valence-electron chi connectivity index (χ3n) is 3.03. The van der Waals surface area contributed by atoms with Crippen molar-refractivity contribution in [1.82, 2.24) is 4.90 Å². The van der Waals surface area contributed by atoms with Crippen molar-refractivity contribution in [2.75, 3.05) is 43.5 Å². The molecule has 1 aromatic rings. The number of benzene rings is 1. The van der Waals surface area contributed by atoms with E-state index in [2.05, 4.69) is 0 Å². The number of carboxylic acids is 1. The fourth-order valence-corrected chi connectivity index (χ4v) is 2.05. The Hall–Kier alpha value is -2.28. The Labute approximate surface area is 116 Å². The third kappa shape index (κ3) is 3.18. The van der Waals surface area contributed by atoms with Crippen molar-refractivity contribution in [2.45, 2.75) is 0 Å². The van der Waals surface area contributed by atoms with E-state index in [4.69, 9.17) is 15.6 Å². The second kappa shape index (κ2) is 6.25. The molecule has 1 saturated heterocycles. The number of anilines is 2. The molecule has 0 aliphatic carbocycles. The van der Waals surface area contributed by atoms with E-state index < -0.39 is 12.5 Å². The molecular formula is C13H17N3O4. The zero-order valence-corrected chi connectivity index (χ0v) is 11.0. The van der Waals surface area contributed by atoms with Crippen LogP contribution in [0.2, 0.25) is 0 Å². The van der Waals surface area contributed by atoms with Gasteiger partial charge in [-0.1, -0.05) is 12.1 Å². The van der Waals surface area contributed by atoms with Crippen molar-refractivity contribution >= 4 is 23.4 Å². The van der Waals surface area contributed by atoms with Gasteiger partial charge < -0.3 is 20.5 Å². The lowest BCUT2D eigenvalue weighted by Gasteiger charge is -2.32. The van der Waals surface area contributed by atoms with Crippen molar-refractivity contribution in [3.8, 4) is 0 Å². The maximum absolute atomic E-state index is 12.5. The fraction of sp³-hybridized carbons (Fsp3) is 0.385. The number of carboxylic acid groups (broad SMARTS) is 1. The minimum absolute atomic E-state index is 0.367. The zero-order valence-electron chi connectivity index (χ0n) is 11.0. The van der Waals surface area contributed by atoms with Crippen molar-refractivity contribution < 1.29 is 19.4 Å². The van der Waals surface area contributed by atoms with Crippen molar-refractivity contribution in [3.63, 3.8) is 0 Å². The van der Waals surface area contributed by atoms with Gasteiger partial charge in [-0.2, -0.15) is 0 Å². The summed E-state index contributed by atoms with van der Waals surface area (Å²) < 4.78 is 5.19. The molecule has 108 valence electrons. The van der Waals surface area contributed by atoms with E-state index >= 15 is 0 Å². The highest BCUT2D eigenvalue weighted by Crippen LogP contribution is 2.23. The van der Waals surface area contributed by atoms with Crippen LogP contribution in [0.3, 0.4) is 0 Å². The van der Waals surface area contributed by atoms with E-state index in [1.54, 1.807) is 29.2 Å². The molecule has 7 nitrogen and oxygen atoms in total. The summed E-state index contributed by atoms with van der Waals surface area (Å²) in [5.41, 5.74) is 6.61. The number of morpholine rings is 1. The summed E-state index contributed by atoms with van der Waals surface area (Å²) in [5, 5.41) is 9.01. The highest BCUT2D eigenvalue weighted by molar-refractivity contribution is 5.98. The van der Waals surface area contributed by atoms with E-state index in [9.17, 15) is 9.59 Å². The van der Waals surface area contributed by atoms with Crippen LogP contribution in [0, 0.1) is 0 Å². The van der Waals surface area contributed by atoms with E-state index in [1.165, 1.54) is 4.90 Å². The van der Waals surface area contributed by atoms with Crippen LogP contribution < -0.4 is 10.6 Å². The number of ether oxygens (including phenoxy) is 1. The second-order valence-corrected chi connectivity index (χ2v) is 4.42. The number of carbonyl (C=O) groups is 2. The van der Waals surface area contributed by atoms with Gasteiger partial charge in [0.1, 0.15) is 6.54 Å². The molecule has 0 atom stereocenters. The molecule has 1 aliphatic heterocycles. The topological polar surface area (TPSA) is 96.1 Å². The van der Waals surface area contributed by atoms with Crippen LogP contribution in [0.5, 0.6) is 0 Å². The number of aliphatic carboxylic acids is 1. The summed E-state index contributed by atoms with van der Waals surface area (Å²) in [5.74, 6) is -1.09. The first-order valence-electron chi connectivity index (χ1n) is 6.30. The molecule has 0 bridgehead atoms. The van der Waals surface area contributed by atoms with Crippen LogP contribution in [0.25, 0.3) is 0 Å². The lowest BCUT2D eigenvalue weighted by Crippen LogP contribution is -2.50. The number of nitrogens with zero attached hydrogens (tertiary/aromatic N) is 2. The van der Waals surface area contributed by atoms with Crippen molar-refractivity contribution in [2.24, 2.45) is 0 Å². The standard InChI is InChI=1S/C13H17N3O4/c14-10-3-1-2-4-11(10)16(9-12(17)18)13(19)15-5-7-20-8-6-15/h1-4H,5-9,14H2,(H,17,18). The van der Waals surface area contributed by atoms with Gasteiger partial charge in [0.25, 0.3) is 0 Å². The normalized spacial score (nSPS) is 14.9. The van der Waals surface area contributed by atoms with Gasteiger partial charge in [-0.05, 0) is 12.1 Å². The highest BCUT2D eigenvalue weighted by atomic mass is 16.5. The molecule has 0 spiro atoms. The monoisotopic (exact) mass is 279 g/mol. The number of amides is 2. The molecule has 2 amide bonds. The van der Waals surface area contributed by atoms with Gasteiger partial charge in [-0.15, -0.1) is 0 Å². The van der Waals surface area contributed by atoms with E-state index in [1.807, 2.05) is 0 Å². The predicted octanol–water partition coefficient (Wildman–Crippen LogP) is 0.612. The largest absolute Gasteiger partial charge is 0.480 e. The smallest absolute Gasteiger partial charge is 0.325 e. The number of rotatable bonds is 3. The minimum atomic E-state index is -1.09. The van der Waals surface area contributed by atoms with Gasteiger partial charge in [0.15, 0.2) is 0 Å². The third-order valence-corrected chi connectivity index (χ3v) is 3.03. The average Bonchev–Trinajstić information content (AvgIpc) is 2.46. The number of para-hydroxylation sites is 2. The Balaban J connectivity index is 2.25. The molecule has 1 fully saturated rings. The fourth-order valence-electron chi connectivity index (χ4n) is 2.05. The van der Waals surface area contributed by atoms with E-state index in [0.717, 1.165) is 0 Å². The van der Waals surface area contributed by atoms with Crippen LogP contribution in [-0.2, 0) is 9.53 Å². The number of carbonyl (C=O) groups excluding carboxylic acids is 1. The van der Waals surface area contributed by atoms with Crippen LogP contribution in [0.1, 0.15) is 0 Å². The molecule has 20 heavy (non-hydrogen) atoms. The van der Waals surface area contributed by atoms with Gasteiger partial charge in [-0.25, -0.2) is 4.79 Å². The molecule has 1 aliphatic rings. The second-order valence-electron chi connectivity index (χ2n) is 4.42. The molecule has 0 saturated carbocycles. The first kappa shape index (κ1) is 14.1. The van der Waals surface area contributed by atoms with Gasteiger partial charge >= 0.3 is 12.0 Å².